The van der Waals surface area contributed by atoms with Gasteiger partial charge in [0.15, 0.2) is 0 Å². The first-order chi connectivity index (χ1) is 13.8. The van der Waals surface area contributed by atoms with Crippen molar-refractivity contribution in [2.24, 2.45) is 0 Å². The zero-order valence-corrected chi connectivity index (χ0v) is 17.2. The van der Waals surface area contributed by atoms with Gasteiger partial charge in [-0.25, -0.2) is 4.98 Å². The summed E-state index contributed by atoms with van der Waals surface area (Å²) < 4.78 is 1.21. The van der Waals surface area contributed by atoms with E-state index in [0.717, 1.165) is 16.8 Å². The van der Waals surface area contributed by atoms with E-state index in [2.05, 4.69) is 10.3 Å². The second-order valence-corrected chi connectivity index (χ2v) is 7.34. The van der Waals surface area contributed by atoms with Crippen LogP contribution in [0.15, 0.2) is 47.5 Å². The van der Waals surface area contributed by atoms with Crippen molar-refractivity contribution in [2.75, 3.05) is 18.9 Å². The van der Waals surface area contributed by atoms with E-state index in [4.69, 9.17) is 11.6 Å². The van der Waals surface area contributed by atoms with Gasteiger partial charge < -0.3 is 10.2 Å². The van der Waals surface area contributed by atoms with Crippen molar-refractivity contribution in [3.05, 3.63) is 69.2 Å². The summed E-state index contributed by atoms with van der Waals surface area (Å²) in [7, 11) is 1.52. The minimum Gasteiger partial charge on any atom is -0.335 e. The molecular formula is C21H21ClN4O3. The first-order valence-corrected chi connectivity index (χ1v) is 9.39. The Hall–Kier alpha value is -3.19. The number of aromatic nitrogens is 2. The highest BCUT2D eigenvalue weighted by Gasteiger charge is 2.16. The largest absolute Gasteiger partial charge is 0.335 e. The van der Waals surface area contributed by atoms with E-state index >= 15 is 0 Å². The van der Waals surface area contributed by atoms with Gasteiger partial charge in [-0.1, -0.05) is 29.8 Å². The van der Waals surface area contributed by atoms with Crippen molar-refractivity contribution in [1.29, 1.82) is 0 Å². The second kappa shape index (κ2) is 8.45. The lowest BCUT2D eigenvalue weighted by molar-refractivity contribution is -0.133. The van der Waals surface area contributed by atoms with Gasteiger partial charge in [-0.15, -0.1) is 0 Å². The molecular weight excluding hydrogens is 392 g/mol. The molecule has 0 saturated heterocycles. The van der Waals surface area contributed by atoms with Crippen LogP contribution in [0.4, 0.5) is 5.69 Å². The third-order valence-electron chi connectivity index (χ3n) is 4.64. The number of carbonyl (C=O) groups excluding carboxylic acids is 2. The monoisotopic (exact) mass is 412 g/mol. The van der Waals surface area contributed by atoms with E-state index in [-0.39, 0.29) is 30.5 Å². The van der Waals surface area contributed by atoms with Crippen molar-refractivity contribution in [3.63, 3.8) is 0 Å². The number of benzene rings is 2. The van der Waals surface area contributed by atoms with E-state index in [0.29, 0.717) is 15.9 Å². The maximum Gasteiger partial charge on any atom is 0.261 e. The molecule has 0 spiro atoms. The molecule has 0 aliphatic carbocycles. The van der Waals surface area contributed by atoms with Gasteiger partial charge in [0.05, 0.1) is 23.8 Å². The smallest absolute Gasteiger partial charge is 0.261 e. The number of hydrogen-bond acceptors (Lipinski definition) is 4. The Kier molecular flexibility index (Phi) is 5.98. The first-order valence-electron chi connectivity index (χ1n) is 9.01. The van der Waals surface area contributed by atoms with Crippen LogP contribution in [0.5, 0.6) is 0 Å². The molecule has 0 aliphatic rings. The van der Waals surface area contributed by atoms with Crippen LogP contribution in [-0.4, -0.2) is 39.9 Å². The van der Waals surface area contributed by atoms with E-state index in [9.17, 15) is 14.4 Å². The molecule has 0 bridgehead atoms. The Labute approximate surface area is 172 Å². The van der Waals surface area contributed by atoms with Gasteiger partial charge in [-0.2, -0.15) is 0 Å². The Morgan fingerprint density at radius 3 is 2.55 bits per heavy atom. The topological polar surface area (TPSA) is 84.3 Å². The molecule has 3 aromatic rings. The fraction of sp³-hybridized carbons (Fsp3) is 0.238. The number of nitrogens with zero attached hydrogens (tertiary/aromatic N) is 3. The van der Waals surface area contributed by atoms with Gasteiger partial charge in [-0.05, 0) is 43.2 Å². The maximum atomic E-state index is 12.6. The van der Waals surface area contributed by atoms with Crippen LogP contribution in [0.1, 0.15) is 11.1 Å². The summed E-state index contributed by atoms with van der Waals surface area (Å²) in [6, 6.07) is 10.5. The molecule has 1 N–H and O–H groups in total. The number of amides is 2. The molecule has 1 aromatic heterocycles. The molecule has 0 aliphatic heterocycles. The van der Waals surface area contributed by atoms with E-state index in [1.165, 1.54) is 28.9 Å². The molecule has 0 fully saturated rings. The van der Waals surface area contributed by atoms with Crippen molar-refractivity contribution >= 4 is 40.0 Å². The van der Waals surface area contributed by atoms with Crippen molar-refractivity contribution in [1.82, 2.24) is 14.5 Å². The number of nitrogens with one attached hydrogen (secondary N) is 1. The van der Waals surface area contributed by atoms with Crippen LogP contribution in [0.2, 0.25) is 5.02 Å². The fourth-order valence-corrected chi connectivity index (χ4v) is 3.18. The van der Waals surface area contributed by atoms with Crippen molar-refractivity contribution in [3.8, 4) is 0 Å². The molecule has 150 valence electrons. The normalized spacial score (nSPS) is 10.8. The molecule has 0 unspecified atom stereocenters. The van der Waals surface area contributed by atoms with Crippen molar-refractivity contribution in [2.45, 2.75) is 20.4 Å². The fourth-order valence-electron chi connectivity index (χ4n) is 3.00. The lowest BCUT2D eigenvalue weighted by Crippen LogP contribution is -2.38. The average molecular weight is 413 g/mol. The first kappa shape index (κ1) is 20.5. The SMILES string of the molecule is Cc1cccc(C)c1NC(=O)CN(C)C(=O)Cn1cnc2ccc(Cl)cc2c1=O. The summed E-state index contributed by atoms with van der Waals surface area (Å²) in [6.07, 6.45) is 1.32. The van der Waals surface area contributed by atoms with Crippen molar-refractivity contribution < 1.29 is 9.59 Å². The highest BCUT2D eigenvalue weighted by molar-refractivity contribution is 6.31. The van der Waals surface area contributed by atoms with Crippen LogP contribution in [0.3, 0.4) is 0 Å². The number of rotatable bonds is 5. The zero-order valence-electron chi connectivity index (χ0n) is 16.4. The molecule has 8 heteroatoms. The van der Waals surface area contributed by atoms with Crippen LogP contribution >= 0.6 is 11.6 Å². The maximum absolute atomic E-state index is 12.6. The number of likely N-dealkylation sites (N-methyl/N-ethyl adjacent to an activating group) is 1. The predicted molar refractivity (Wildman–Crippen MR) is 113 cm³/mol. The summed E-state index contributed by atoms with van der Waals surface area (Å²) >= 11 is 5.95. The molecule has 29 heavy (non-hydrogen) atoms. The standard InChI is InChI=1S/C21H21ClN4O3/c1-13-5-4-6-14(2)20(13)24-18(27)10-25(3)19(28)11-26-12-23-17-8-7-15(22)9-16(17)21(26)29/h4-9,12H,10-11H2,1-3H3,(H,24,27). The zero-order chi connectivity index (χ0) is 21.1. The summed E-state index contributed by atoms with van der Waals surface area (Å²) in [4.78, 5) is 42.9. The van der Waals surface area contributed by atoms with E-state index in [1.54, 1.807) is 12.1 Å². The van der Waals surface area contributed by atoms with E-state index in [1.807, 2.05) is 32.0 Å². The second-order valence-electron chi connectivity index (χ2n) is 6.90. The molecule has 0 atom stereocenters. The highest BCUT2D eigenvalue weighted by atomic mass is 35.5. The number of hydrogen-bond donors (Lipinski definition) is 1. The quantitative estimate of drug-likeness (QED) is 0.698. The Morgan fingerprint density at radius 1 is 1.17 bits per heavy atom. The molecule has 3 rings (SSSR count). The Bertz CT molecular complexity index is 1140. The van der Waals surface area contributed by atoms with Crippen LogP contribution in [0, 0.1) is 13.8 Å². The minimum absolute atomic E-state index is 0.131. The summed E-state index contributed by atoms with van der Waals surface area (Å²) in [5.41, 5.74) is 2.77. The van der Waals surface area contributed by atoms with Gasteiger partial charge in [0.2, 0.25) is 11.8 Å². The third-order valence-corrected chi connectivity index (χ3v) is 4.88. The third kappa shape index (κ3) is 4.63. The number of para-hydroxylation sites is 1. The van der Waals surface area contributed by atoms with Gasteiger partial charge in [-0.3, -0.25) is 19.0 Å². The summed E-state index contributed by atoms with van der Waals surface area (Å²) in [6.45, 7) is 3.46. The number of carbonyl (C=O) groups is 2. The lowest BCUT2D eigenvalue weighted by atomic mass is 10.1. The van der Waals surface area contributed by atoms with Gasteiger partial charge in [0.1, 0.15) is 6.54 Å². The molecule has 2 aromatic carbocycles. The summed E-state index contributed by atoms with van der Waals surface area (Å²) in [5.74, 6) is -0.694. The summed E-state index contributed by atoms with van der Waals surface area (Å²) in [5, 5.41) is 3.60. The predicted octanol–water partition coefficient (Wildman–Crippen LogP) is 2.76. The van der Waals surface area contributed by atoms with Gasteiger partial charge >= 0.3 is 0 Å². The van der Waals surface area contributed by atoms with Crippen LogP contribution in [-0.2, 0) is 16.1 Å². The highest BCUT2D eigenvalue weighted by Crippen LogP contribution is 2.19. The Balaban J connectivity index is 1.69. The molecule has 0 saturated carbocycles. The molecule has 0 radical (unpaired) electrons. The van der Waals surface area contributed by atoms with Crippen LogP contribution in [0.25, 0.3) is 10.9 Å². The molecule has 1 heterocycles. The Morgan fingerprint density at radius 2 is 1.86 bits per heavy atom. The number of anilines is 1. The number of aryl methyl sites for hydroxylation is 2. The molecule has 7 nitrogen and oxygen atoms in total. The minimum atomic E-state index is -0.382. The van der Waals surface area contributed by atoms with Gasteiger partial charge in [0, 0.05) is 17.8 Å². The van der Waals surface area contributed by atoms with Gasteiger partial charge in [0.25, 0.3) is 5.56 Å². The van der Waals surface area contributed by atoms with Crippen LogP contribution < -0.4 is 10.9 Å². The van der Waals surface area contributed by atoms with E-state index < -0.39 is 0 Å². The lowest BCUT2D eigenvalue weighted by Gasteiger charge is -2.18. The average Bonchev–Trinajstić information content (AvgIpc) is 2.67. The number of fused-ring (bicyclic) bond motifs is 1. The molecule has 2 amide bonds. The number of halogens is 1.